The van der Waals surface area contributed by atoms with E-state index in [-0.39, 0.29) is 17.8 Å². The van der Waals surface area contributed by atoms with Crippen LogP contribution in [0.4, 0.5) is 4.39 Å². The average Bonchev–Trinajstić information content (AvgIpc) is 2.73. The Kier molecular flexibility index (Phi) is 8.28. The van der Waals surface area contributed by atoms with Crippen LogP contribution >= 0.6 is 11.8 Å². The molecule has 0 bridgehead atoms. The van der Waals surface area contributed by atoms with E-state index >= 15 is 0 Å². The van der Waals surface area contributed by atoms with Gasteiger partial charge in [0.25, 0.3) is 5.91 Å². The lowest BCUT2D eigenvalue weighted by atomic mass is 9.76. The molecule has 1 aliphatic rings. The molecular formula is C24H32FN3OS. The summed E-state index contributed by atoms with van der Waals surface area (Å²) in [6, 6.07) is 10.9. The van der Waals surface area contributed by atoms with Crippen molar-refractivity contribution in [2.45, 2.75) is 43.7 Å². The summed E-state index contributed by atoms with van der Waals surface area (Å²) in [4.78, 5) is 19.2. The molecule has 30 heavy (non-hydrogen) atoms. The minimum absolute atomic E-state index is 0.0351. The van der Waals surface area contributed by atoms with Crippen LogP contribution in [0.5, 0.6) is 0 Å². The summed E-state index contributed by atoms with van der Waals surface area (Å²) < 4.78 is 13.7. The molecule has 1 heterocycles. The van der Waals surface area contributed by atoms with E-state index in [4.69, 9.17) is 0 Å². The fraction of sp³-hybridized carbons (Fsp3) is 0.500. The Morgan fingerprint density at radius 1 is 1.23 bits per heavy atom. The highest BCUT2D eigenvalue weighted by Crippen LogP contribution is 2.39. The van der Waals surface area contributed by atoms with E-state index in [9.17, 15) is 9.18 Å². The monoisotopic (exact) mass is 429 g/mol. The van der Waals surface area contributed by atoms with E-state index in [1.807, 2.05) is 18.2 Å². The maximum Gasteiger partial charge on any atom is 0.254 e. The molecule has 1 aliphatic carbocycles. The van der Waals surface area contributed by atoms with Gasteiger partial charge in [-0.1, -0.05) is 19.1 Å². The zero-order valence-corrected chi connectivity index (χ0v) is 18.9. The van der Waals surface area contributed by atoms with Crippen molar-refractivity contribution in [3.05, 3.63) is 59.5 Å². The van der Waals surface area contributed by atoms with Gasteiger partial charge in [-0.15, -0.1) is 11.8 Å². The van der Waals surface area contributed by atoms with E-state index in [0.717, 1.165) is 42.0 Å². The zero-order chi connectivity index (χ0) is 21.5. The SMILES string of the molecule is CCSc1ncccc1C(=O)NCC1CCC(C(c2cccc(F)c2)N(C)C)CC1. The minimum atomic E-state index is -0.174. The number of nitrogens with zero attached hydrogens (tertiary/aromatic N) is 2. The Bertz CT molecular complexity index is 837. The van der Waals surface area contributed by atoms with Crippen molar-refractivity contribution in [1.29, 1.82) is 0 Å². The first kappa shape index (κ1) is 22.8. The summed E-state index contributed by atoms with van der Waals surface area (Å²) in [7, 11) is 4.14. The molecule has 1 amide bonds. The largest absolute Gasteiger partial charge is 0.352 e. The second kappa shape index (κ2) is 10.9. The van der Waals surface area contributed by atoms with Gasteiger partial charge in [0.15, 0.2) is 0 Å². The number of benzene rings is 1. The van der Waals surface area contributed by atoms with E-state index < -0.39 is 0 Å². The lowest BCUT2D eigenvalue weighted by Crippen LogP contribution is -2.34. The summed E-state index contributed by atoms with van der Waals surface area (Å²) in [6.07, 6.45) is 6.06. The third kappa shape index (κ3) is 5.82. The molecule has 0 spiro atoms. The molecule has 1 atom stereocenters. The predicted molar refractivity (Wildman–Crippen MR) is 121 cm³/mol. The number of nitrogens with one attached hydrogen (secondary N) is 1. The normalized spacial score (nSPS) is 20.2. The number of hydrogen-bond donors (Lipinski definition) is 1. The Hall–Kier alpha value is -1.92. The topological polar surface area (TPSA) is 45.2 Å². The molecule has 0 radical (unpaired) electrons. The van der Waals surface area contributed by atoms with Crippen LogP contribution in [0, 0.1) is 17.7 Å². The number of carbonyl (C=O) groups excluding carboxylic acids is 1. The molecular weight excluding hydrogens is 397 g/mol. The van der Waals surface area contributed by atoms with Crippen molar-refractivity contribution in [3.8, 4) is 0 Å². The summed E-state index contributed by atoms with van der Waals surface area (Å²) in [5.74, 6) is 1.66. The van der Waals surface area contributed by atoms with Crippen molar-refractivity contribution in [2.24, 2.45) is 11.8 Å². The number of rotatable bonds is 8. The van der Waals surface area contributed by atoms with Gasteiger partial charge >= 0.3 is 0 Å². The molecule has 0 saturated heterocycles. The lowest BCUT2D eigenvalue weighted by Gasteiger charge is -2.37. The first-order valence-corrected chi connectivity index (χ1v) is 11.8. The minimum Gasteiger partial charge on any atom is -0.352 e. The fourth-order valence-electron chi connectivity index (χ4n) is 4.54. The summed E-state index contributed by atoms with van der Waals surface area (Å²) in [5, 5.41) is 3.92. The van der Waals surface area contributed by atoms with Crippen molar-refractivity contribution >= 4 is 17.7 Å². The van der Waals surface area contributed by atoms with Crippen LogP contribution in [-0.2, 0) is 0 Å². The van der Waals surface area contributed by atoms with Gasteiger partial charge in [-0.05, 0) is 87.2 Å². The number of thioether (sulfide) groups is 1. The third-order valence-electron chi connectivity index (χ3n) is 5.93. The Morgan fingerprint density at radius 2 is 2.00 bits per heavy atom. The molecule has 4 nitrogen and oxygen atoms in total. The quantitative estimate of drug-likeness (QED) is 0.588. The highest BCUT2D eigenvalue weighted by atomic mass is 32.2. The summed E-state index contributed by atoms with van der Waals surface area (Å²) in [6.45, 7) is 2.76. The van der Waals surface area contributed by atoms with Crippen LogP contribution in [0.25, 0.3) is 0 Å². The molecule has 1 unspecified atom stereocenters. The van der Waals surface area contributed by atoms with Gasteiger partial charge in [0.2, 0.25) is 0 Å². The maximum absolute atomic E-state index is 13.7. The maximum atomic E-state index is 13.7. The van der Waals surface area contributed by atoms with Gasteiger partial charge in [0.05, 0.1) is 5.56 Å². The molecule has 3 rings (SSSR count). The van der Waals surface area contributed by atoms with E-state index in [1.165, 1.54) is 6.07 Å². The summed E-state index contributed by atoms with van der Waals surface area (Å²) in [5.41, 5.74) is 1.71. The predicted octanol–water partition coefficient (Wildman–Crippen LogP) is 5.17. The number of aromatic nitrogens is 1. The number of halogens is 1. The van der Waals surface area contributed by atoms with Crippen LogP contribution in [-0.4, -0.2) is 42.2 Å². The van der Waals surface area contributed by atoms with Gasteiger partial charge in [-0.25, -0.2) is 9.37 Å². The number of hydrogen-bond acceptors (Lipinski definition) is 4. The third-order valence-corrected chi connectivity index (χ3v) is 6.82. The van der Waals surface area contributed by atoms with Gasteiger partial charge in [0, 0.05) is 18.8 Å². The van der Waals surface area contributed by atoms with Crippen molar-refractivity contribution in [3.63, 3.8) is 0 Å². The zero-order valence-electron chi connectivity index (χ0n) is 18.1. The Labute approximate surface area is 183 Å². The number of amides is 1. The second-order valence-electron chi connectivity index (χ2n) is 8.24. The highest BCUT2D eigenvalue weighted by molar-refractivity contribution is 7.99. The van der Waals surface area contributed by atoms with Crippen molar-refractivity contribution in [2.75, 3.05) is 26.4 Å². The van der Waals surface area contributed by atoms with Crippen molar-refractivity contribution < 1.29 is 9.18 Å². The van der Waals surface area contributed by atoms with Crippen LogP contribution in [0.2, 0.25) is 0 Å². The van der Waals surface area contributed by atoms with Crippen LogP contribution in [0.15, 0.2) is 47.6 Å². The second-order valence-corrected chi connectivity index (χ2v) is 9.50. The summed E-state index contributed by atoms with van der Waals surface area (Å²) >= 11 is 1.59. The van der Waals surface area contributed by atoms with Gasteiger partial charge < -0.3 is 10.2 Å². The van der Waals surface area contributed by atoms with E-state index in [2.05, 4.69) is 36.2 Å². The molecule has 1 aromatic carbocycles. The Morgan fingerprint density at radius 3 is 2.67 bits per heavy atom. The smallest absolute Gasteiger partial charge is 0.254 e. The molecule has 0 aliphatic heterocycles. The van der Waals surface area contributed by atoms with Gasteiger partial charge in [0.1, 0.15) is 10.8 Å². The van der Waals surface area contributed by atoms with Crippen LogP contribution in [0.3, 0.4) is 0 Å². The average molecular weight is 430 g/mol. The molecule has 162 valence electrons. The first-order chi connectivity index (χ1) is 14.5. The molecule has 1 aromatic heterocycles. The van der Waals surface area contributed by atoms with E-state index in [0.29, 0.717) is 23.9 Å². The molecule has 6 heteroatoms. The van der Waals surface area contributed by atoms with E-state index in [1.54, 1.807) is 30.1 Å². The number of pyridine rings is 1. The first-order valence-electron chi connectivity index (χ1n) is 10.8. The van der Waals surface area contributed by atoms with Crippen LogP contribution in [0.1, 0.15) is 54.6 Å². The van der Waals surface area contributed by atoms with Gasteiger partial charge in [-0.3, -0.25) is 4.79 Å². The van der Waals surface area contributed by atoms with Crippen LogP contribution < -0.4 is 5.32 Å². The molecule has 1 N–H and O–H groups in total. The molecule has 1 saturated carbocycles. The highest BCUT2D eigenvalue weighted by Gasteiger charge is 2.30. The lowest BCUT2D eigenvalue weighted by molar-refractivity contribution is 0.0930. The standard InChI is InChI=1S/C24H32FN3OS/c1-4-30-24-21(9-6-14-26-24)23(29)27-16-17-10-12-18(13-11-17)22(28(2)3)19-7-5-8-20(25)15-19/h5-9,14-15,17-18,22H,4,10-13,16H2,1-3H3,(H,27,29). The Balaban J connectivity index is 1.55. The van der Waals surface area contributed by atoms with Gasteiger partial charge in [-0.2, -0.15) is 0 Å². The number of carbonyl (C=O) groups is 1. The molecule has 1 fully saturated rings. The molecule has 2 aromatic rings. The fourth-order valence-corrected chi connectivity index (χ4v) is 5.26. The van der Waals surface area contributed by atoms with Crippen molar-refractivity contribution in [1.82, 2.24) is 15.2 Å².